The highest BCUT2D eigenvalue weighted by Crippen LogP contribution is 2.40. The molecule has 35 heavy (non-hydrogen) atoms. The number of nitrogens with zero attached hydrogens (tertiary/aromatic N) is 3. The van der Waals surface area contributed by atoms with Crippen molar-refractivity contribution in [3.63, 3.8) is 0 Å². The number of anilines is 1. The predicted octanol–water partition coefficient (Wildman–Crippen LogP) is 4.30. The Morgan fingerprint density at radius 2 is 1.71 bits per heavy atom. The van der Waals surface area contributed by atoms with Crippen molar-refractivity contribution < 1.29 is 18.8 Å². The van der Waals surface area contributed by atoms with Crippen LogP contribution in [0.1, 0.15) is 62.2 Å². The van der Waals surface area contributed by atoms with E-state index in [1.54, 1.807) is 48.7 Å². The van der Waals surface area contributed by atoms with Gasteiger partial charge in [-0.3, -0.25) is 19.0 Å². The molecule has 0 unspecified atom stereocenters. The molecule has 6 rings (SSSR count). The third-order valence-corrected chi connectivity index (χ3v) is 7.09. The molecule has 9 heteroatoms. The van der Waals surface area contributed by atoms with Crippen LogP contribution in [0.4, 0.5) is 5.69 Å². The highest BCUT2D eigenvalue weighted by atomic mass is 32.2. The van der Waals surface area contributed by atoms with Gasteiger partial charge in [0.1, 0.15) is 11.6 Å². The monoisotopic (exact) mass is 484 g/mol. The maximum atomic E-state index is 12.9. The second-order valence-electron chi connectivity index (χ2n) is 8.58. The number of aromatic nitrogens is 3. The van der Waals surface area contributed by atoms with Crippen molar-refractivity contribution in [1.82, 2.24) is 14.8 Å². The summed E-state index contributed by atoms with van der Waals surface area (Å²) in [6.07, 6.45) is 3.81. The molecule has 0 saturated heterocycles. The number of hydrogen-bond acceptors (Lipinski definition) is 7. The van der Waals surface area contributed by atoms with Gasteiger partial charge in [0, 0.05) is 33.9 Å². The molecule has 1 saturated carbocycles. The standard InChI is InChI=1S/C26H20N4O4S/c31-22(14-35-26-29-28-25(15-7-8-15)30(26)13-17-4-3-11-34-17)27-16-9-10-20-21(12-16)24(33)19-6-2-1-5-18(19)23(20)32/h1-6,9-12,15H,7-8,13-14H2,(H,27,31). The first-order chi connectivity index (χ1) is 17.1. The zero-order chi connectivity index (χ0) is 23.9. The molecule has 0 aliphatic heterocycles. The first kappa shape index (κ1) is 21.5. The van der Waals surface area contributed by atoms with Gasteiger partial charge in [-0.25, -0.2) is 0 Å². The molecule has 174 valence electrons. The van der Waals surface area contributed by atoms with Crippen LogP contribution in [0.2, 0.25) is 0 Å². The van der Waals surface area contributed by atoms with Crippen molar-refractivity contribution in [2.75, 3.05) is 11.1 Å². The van der Waals surface area contributed by atoms with Crippen LogP contribution in [-0.2, 0) is 11.3 Å². The molecule has 2 aliphatic carbocycles. The molecule has 2 aromatic carbocycles. The van der Waals surface area contributed by atoms with E-state index in [1.807, 2.05) is 16.7 Å². The maximum absolute atomic E-state index is 12.9. The Morgan fingerprint density at radius 3 is 2.43 bits per heavy atom. The summed E-state index contributed by atoms with van der Waals surface area (Å²) in [5.41, 5.74) is 1.89. The minimum Gasteiger partial charge on any atom is -0.467 e. The smallest absolute Gasteiger partial charge is 0.234 e. The van der Waals surface area contributed by atoms with Crippen LogP contribution < -0.4 is 5.32 Å². The van der Waals surface area contributed by atoms with Gasteiger partial charge < -0.3 is 9.73 Å². The van der Waals surface area contributed by atoms with Crippen LogP contribution in [-0.4, -0.2) is 38.0 Å². The van der Waals surface area contributed by atoms with Crippen molar-refractivity contribution in [1.29, 1.82) is 0 Å². The molecule has 2 heterocycles. The summed E-state index contributed by atoms with van der Waals surface area (Å²) in [4.78, 5) is 38.4. The Labute approximate surface area is 204 Å². The molecule has 1 fully saturated rings. The van der Waals surface area contributed by atoms with E-state index in [-0.39, 0.29) is 23.2 Å². The highest BCUT2D eigenvalue weighted by Gasteiger charge is 2.31. The van der Waals surface area contributed by atoms with E-state index in [0.717, 1.165) is 24.4 Å². The molecule has 0 atom stereocenters. The van der Waals surface area contributed by atoms with Gasteiger partial charge in [-0.15, -0.1) is 10.2 Å². The Kier molecular flexibility index (Phi) is 5.33. The number of rotatable bonds is 7. The van der Waals surface area contributed by atoms with Crippen LogP contribution in [0.25, 0.3) is 0 Å². The predicted molar refractivity (Wildman–Crippen MR) is 129 cm³/mol. The van der Waals surface area contributed by atoms with E-state index >= 15 is 0 Å². The Morgan fingerprint density at radius 1 is 0.971 bits per heavy atom. The summed E-state index contributed by atoms with van der Waals surface area (Å²) >= 11 is 1.30. The number of thioether (sulfide) groups is 1. The van der Waals surface area contributed by atoms with Crippen molar-refractivity contribution in [3.05, 3.63) is 94.7 Å². The van der Waals surface area contributed by atoms with Crippen molar-refractivity contribution in [2.45, 2.75) is 30.5 Å². The lowest BCUT2D eigenvalue weighted by atomic mass is 9.84. The topological polar surface area (TPSA) is 107 Å². The third-order valence-electron chi connectivity index (χ3n) is 6.12. The van der Waals surface area contributed by atoms with Crippen LogP contribution in [0.5, 0.6) is 0 Å². The minimum atomic E-state index is -0.245. The normalized spacial score (nSPS) is 14.5. The Bertz CT molecular complexity index is 1470. The summed E-state index contributed by atoms with van der Waals surface area (Å²) < 4.78 is 7.50. The number of carbonyl (C=O) groups excluding carboxylic acids is 3. The van der Waals surface area contributed by atoms with E-state index in [1.165, 1.54) is 11.8 Å². The van der Waals surface area contributed by atoms with E-state index in [4.69, 9.17) is 4.42 Å². The molecular formula is C26H20N4O4S. The van der Waals surface area contributed by atoms with Gasteiger partial charge in [0.2, 0.25) is 5.91 Å². The average molecular weight is 485 g/mol. The van der Waals surface area contributed by atoms with Gasteiger partial charge >= 0.3 is 0 Å². The molecule has 1 N–H and O–H groups in total. The average Bonchev–Trinajstić information content (AvgIpc) is 3.43. The fourth-order valence-electron chi connectivity index (χ4n) is 4.26. The largest absolute Gasteiger partial charge is 0.467 e. The number of furan rings is 1. The fourth-order valence-corrected chi connectivity index (χ4v) is 5.01. The Balaban J connectivity index is 1.16. The number of benzene rings is 2. The van der Waals surface area contributed by atoms with Gasteiger partial charge in [0.15, 0.2) is 16.7 Å². The molecule has 0 spiro atoms. The van der Waals surface area contributed by atoms with Gasteiger partial charge in [-0.1, -0.05) is 36.0 Å². The number of ketones is 2. The number of hydrogen-bond donors (Lipinski definition) is 1. The lowest BCUT2D eigenvalue weighted by Crippen LogP contribution is -2.21. The van der Waals surface area contributed by atoms with Gasteiger partial charge in [0.25, 0.3) is 0 Å². The third kappa shape index (κ3) is 4.08. The van der Waals surface area contributed by atoms with Crippen molar-refractivity contribution >= 4 is 34.9 Å². The van der Waals surface area contributed by atoms with Crippen molar-refractivity contribution in [2.24, 2.45) is 0 Å². The van der Waals surface area contributed by atoms with Crippen LogP contribution in [0, 0.1) is 0 Å². The summed E-state index contributed by atoms with van der Waals surface area (Å²) in [7, 11) is 0. The van der Waals surface area contributed by atoms with Gasteiger partial charge in [-0.2, -0.15) is 0 Å². The lowest BCUT2D eigenvalue weighted by Gasteiger charge is -2.18. The molecule has 0 bridgehead atoms. The number of fused-ring (bicyclic) bond motifs is 2. The first-order valence-electron chi connectivity index (χ1n) is 11.3. The molecule has 4 aromatic rings. The zero-order valence-corrected chi connectivity index (χ0v) is 19.4. The van der Waals surface area contributed by atoms with Crippen molar-refractivity contribution in [3.8, 4) is 0 Å². The lowest BCUT2D eigenvalue weighted by molar-refractivity contribution is -0.113. The zero-order valence-electron chi connectivity index (χ0n) is 18.6. The SMILES string of the molecule is O=C(CSc1nnc(C2CC2)n1Cc1ccco1)Nc1ccc2c(c1)C(=O)c1ccccc1C2=O. The molecule has 2 aromatic heterocycles. The number of amides is 1. The molecule has 1 amide bonds. The van der Waals surface area contributed by atoms with E-state index < -0.39 is 0 Å². The fraction of sp³-hybridized carbons (Fsp3) is 0.192. The van der Waals surface area contributed by atoms with E-state index in [9.17, 15) is 14.4 Å². The summed E-state index contributed by atoms with van der Waals surface area (Å²) in [6.45, 7) is 0.512. The first-order valence-corrected chi connectivity index (χ1v) is 12.3. The quantitative estimate of drug-likeness (QED) is 0.343. The van der Waals surface area contributed by atoms with E-state index in [0.29, 0.717) is 45.6 Å². The molecule has 2 aliphatic rings. The molecular weight excluding hydrogens is 464 g/mol. The second-order valence-corrected chi connectivity index (χ2v) is 9.52. The number of nitrogens with one attached hydrogen (secondary N) is 1. The van der Waals surface area contributed by atoms with Crippen LogP contribution in [0.15, 0.2) is 70.4 Å². The van der Waals surface area contributed by atoms with Crippen LogP contribution in [0.3, 0.4) is 0 Å². The second kappa shape index (κ2) is 8.66. The van der Waals surface area contributed by atoms with E-state index in [2.05, 4.69) is 15.5 Å². The van der Waals surface area contributed by atoms with Gasteiger partial charge in [0.05, 0.1) is 18.6 Å². The van der Waals surface area contributed by atoms with Gasteiger partial charge in [-0.05, 0) is 43.2 Å². The maximum Gasteiger partial charge on any atom is 0.234 e. The summed E-state index contributed by atoms with van der Waals surface area (Å²) in [6, 6.07) is 15.3. The minimum absolute atomic E-state index is 0.119. The molecule has 0 radical (unpaired) electrons. The number of carbonyl (C=O) groups is 3. The summed E-state index contributed by atoms with van der Waals surface area (Å²) in [5.74, 6) is 1.58. The molecule has 8 nitrogen and oxygen atoms in total. The summed E-state index contributed by atoms with van der Waals surface area (Å²) in [5, 5.41) is 12.1. The van der Waals surface area contributed by atoms with Crippen LogP contribution >= 0.6 is 11.8 Å². The Hall–Kier alpha value is -3.98. The highest BCUT2D eigenvalue weighted by molar-refractivity contribution is 7.99.